The number of nitrogens with one attached hydrogen (secondary N) is 3. The molecule has 170 valence electrons. The third kappa shape index (κ3) is 6.44. The molecule has 2 aromatic rings. The summed E-state index contributed by atoms with van der Waals surface area (Å²) in [5.74, 6) is -0.283. The maximum atomic E-state index is 12.7. The Morgan fingerprint density at radius 1 is 1.22 bits per heavy atom. The lowest BCUT2D eigenvalue weighted by Gasteiger charge is -2.19. The molecule has 0 aromatic carbocycles. The monoisotopic (exact) mass is 438 g/mol. The second-order valence-electron chi connectivity index (χ2n) is 8.48. The number of nitrogens with zero attached hydrogens (tertiary/aromatic N) is 3. The number of carbonyl (C=O) groups excluding carboxylic acids is 2. The quantitative estimate of drug-likeness (QED) is 0.574. The first-order valence-corrected chi connectivity index (χ1v) is 10.6. The molecule has 0 aliphatic carbocycles. The summed E-state index contributed by atoms with van der Waals surface area (Å²) in [4.78, 5) is 28.9. The van der Waals surface area contributed by atoms with Gasteiger partial charge in [-0.15, -0.1) is 0 Å². The third-order valence-corrected chi connectivity index (χ3v) is 4.48. The largest absolute Gasteiger partial charge is 0.444 e. The average Bonchev–Trinajstić information content (AvgIpc) is 3.19. The molecule has 9 nitrogen and oxygen atoms in total. The molecule has 0 radical (unpaired) electrons. The van der Waals surface area contributed by atoms with E-state index in [1.807, 2.05) is 58.2 Å². The average molecular weight is 439 g/mol. The molecule has 1 aliphatic heterocycles. The van der Waals surface area contributed by atoms with E-state index in [1.54, 1.807) is 16.9 Å². The van der Waals surface area contributed by atoms with Crippen molar-refractivity contribution in [2.45, 2.75) is 39.7 Å². The molecule has 3 heterocycles. The van der Waals surface area contributed by atoms with Gasteiger partial charge in [-0.2, -0.15) is 5.10 Å². The SMILES string of the molecule is Cc1ccc(-c2cc(C(=O)NCCCNC(=O)OC(C)(C)C)nn2C2=CC=CNC2)nc1. The smallest absolute Gasteiger partial charge is 0.407 e. The van der Waals surface area contributed by atoms with Crippen LogP contribution in [-0.4, -0.2) is 52.0 Å². The van der Waals surface area contributed by atoms with Crippen LogP contribution in [0.4, 0.5) is 4.79 Å². The zero-order valence-corrected chi connectivity index (χ0v) is 18.9. The van der Waals surface area contributed by atoms with Crippen molar-refractivity contribution >= 4 is 17.7 Å². The number of carbonyl (C=O) groups is 2. The molecule has 0 unspecified atom stereocenters. The van der Waals surface area contributed by atoms with E-state index in [1.165, 1.54) is 0 Å². The van der Waals surface area contributed by atoms with Crippen LogP contribution in [0.15, 0.2) is 42.7 Å². The number of rotatable bonds is 7. The second-order valence-corrected chi connectivity index (χ2v) is 8.48. The van der Waals surface area contributed by atoms with E-state index in [0.717, 1.165) is 22.6 Å². The van der Waals surface area contributed by atoms with Crippen LogP contribution in [0.2, 0.25) is 0 Å². The Labute approximate surface area is 187 Å². The highest BCUT2D eigenvalue weighted by Crippen LogP contribution is 2.23. The predicted molar refractivity (Wildman–Crippen MR) is 123 cm³/mol. The molecule has 0 saturated heterocycles. The number of hydrogen-bond donors (Lipinski definition) is 3. The zero-order valence-electron chi connectivity index (χ0n) is 18.9. The number of dihydropyridines is 1. The first kappa shape index (κ1) is 23.1. The van der Waals surface area contributed by atoms with Gasteiger partial charge in [0.05, 0.1) is 23.6 Å². The van der Waals surface area contributed by atoms with Crippen molar-refractivity contribution < 1.29 is 14.3 Å². The topological polar surface area (TPSA) is 110 Å². The molecule has 3 N–H and O–H groups in total. The van der Waals surface area contributed by atoms with Crippen molar-refractivity contribution in [3.63, 3.8) is 0 Å². The standard InChI is InChI=1S/C23H30N6O3/c1-16-8-9-18(27-14-16)20-13-19(28-29(20)17-7-5-10-24-15-17)21(30)25-11-6-12-26-22(31)32-23(2,3)4/h5,7-10,13-14,24H,6,11-12,15H2,1-4H3,(H,25,30)(H,26,31). The molecule has 0 spiro atoms. The molecule has 0 atom stereocenters. The molecule has 0 saturated carbocycles. The number of amides is 2. The van der Waals surface area contributed by atoms with Gasteiger partial charge in [0.15, 0.2) is 5.69 Å². The van der Waals surface area contributed by atoms with Gasteiger partial charge in [-0.3, -0.25) is 9.78 Å². The Balaban J connectivity index is 1.64. The van der Waals surface area contributed by atoms with Crippen molar-refractivity contribution in [2.75, 3.05) is 19.6 Å². The van der Waals surface area contributed by atoms with Crippen molar-refractivity contribution in [3.05, 3.63) is 54.0 Å². The lowest BCUT2D eigenvalue weighted by atomic mass is 10.2. The van der Waals surface area contributed by atoms with Gasteiger partial charge in [0.2, 0.25) is 0 Å². The summed E-state index contributed by atoms with van der Waals surface area (Å²) >= 11 is 0. The van der Waals surface area contributed by atoms with Gasteiger partial charge in [0.1, 0.15) is 5.60 Å². The first-order valence-electron chi connectivity index (χ1n) is 10.6. The van der Waals surface area contributed by atoms with E-state index in [9.17, 15) is 9.59 Å². The van der Waals surface area contributed by atoms with E-state index < -0.39 is 11.7 Å². The highest BCUT2D eigenvalue weighted by Gasteiger charge is 2.19. The Kier molecular flexibility index (Phi) is 7.29. The van der Waals surface area contributed by atoms with Gasteiger partial charge in [-0.25, -0.2) is 9.48 Å². The van der Waals surface area contributed by atoms with E-state index in [-0.39, 0.29) is 5.91 Å². The fourth-order valence-corrected chi connectivity index (χ4v) is 2.99. The number of alkyl carbamates (subject to hydrolysis) is 1. The van der Waals surface area contributed by atoms with Gasteiger partial charge >= 0.3 is 6.09 Å². The number of allylic oxidation sites excluding steroid dienone is 2. The fourth-order valence-electron chi connectivity index (χ4n) is 2.99. The minimum atomic E-state index is -0.541. The van der Waals surface area contributed by atoms with E-state index in [2.05, 4.69) is 26.0 Å². The van der Waals surface area contributed by atoms with Gasteiger partial charge in [0.25, 0.3) is 5.91 Å². The molecule has 3 rings (SSSR count). The van der Waals surface area contributed by atoms with E-state index in [4.69, 9.17) is 4.74 Å². The predicted octanol–water partition coefficient (Wildman–Crippen LogP) is 2.86. The van der Waals surface area contributed by atoms with E-state index >= 15 is 0 Å². The molecule has 1 aliphatic rings. The summed E-state index contributed by atoms with van der Waals surface area (Å²) < 4.78 is 6.93. The van der Waals surface area contributed by atoms with Gasteiger partial charge < -0.3 is 20.7 Å². The van der Waals surface area contributed by atoms with Crippen LogP contribution in [-0.2, 0) is 4.74 Å². The summed E-state index contributed by atoms with van der Waals surface area (Å²) in [6.45, 7) is 8.78. The van der Waals surface area contributed by atoms with Crippen LogP contribution in [0.25, 0.3) is 17.1 Å². The van der Waals surface area contributed by atoms with Crippen LogP contribution in [0.1, 0.15) is 43.2 Å². The molecular formula is C23H30N6O3. The second kappa shape index (κ2) is 10.1. The highest BCUT2D eigenvalue weighted by molar-refractivity contribution is 5.93. The van der Waals surface area contributed by atoms with Crippen LogP contribution in [0.5, 0.6) is 0 Å². The summed E-state index contributed by atoms with van der Waals surface area (Å²) in [5.41, 5.74) is 3.20. The summed E-state index contributed by atoms with van der Waals surface area (Å²) in [6.07, 6.45) is 7.59. The number of aryl methyl sites for hydroxylation is 1. The zero-order chi connectivity index (χ0) is 23.1. The Hall–Kier alpha value is -3.62. The Bertz CT molecular complexity index is 1020. The normalized spacial score (nSPS) is 13.2. The van der Waals surface area contributed by atoms with E-state index in [0.29, 0.717) is 31.7 Å². The van der Waals surface area contributed by atoms with Gasteiger partial charge in [-0.1, -0.05) is 6.07 Å². The molecule has 2 amide bonds. The molecule has 9 heteroatoms. The van der Waals surface area contributed by atoms with Crippen molar-refractivity contribution in [1.29, 1.82) is 0 Å². The van der Waals surface area contributed by atoms with Crippen molar-refractivity contribution in [1.82, 2.24) is 30.7 Å². The maximum Gasteiger partial charge on any atom is 0.407 e. The number of hydrogen-bond acceptors (Lipinski definition) is 6. The number of ether oxygens (including phenoxy) is 1. The first-order chi connectivity index (χ1) is 15.2. The Morgan fingerprint density at radius 3 is 2.66 bits per heavy atom. The van der Waals surface area contributed by atoms with Crippen molar-refractivity contribution in [2.24, 2.45) is 0 Å². The molecule has 32 heavy (non-hydrogen) atoms. The minimum Gasteiger partial charge on any atom is -0.444 e. The minimum absolute atomic E-state index is 0.283. The summed E-state index contributed by atoms with van der Waals surface area (Å²) in [5, 5.41) is 13.2. The number of aromatic nitrogens is 3. The van der Waals surface area contributed by atoms with Crippen LogP contribution >= 0.6 is 0 Å². The van der Waals surface area contributed by atoms with Crippen LogP contribution in [0, 0.1) is 6.92 Å². The molecule has 2 aromatic heterocycles. The lowest BCUT2D eigenvalue weighted by Crippen LogP contribution is -2.34. The third-order valence-electron chi connectivity index (χ3n) is 4.48. The fraction of sp³-hybridized carbons (Fsp3) is 0.391. The molecular weight excluding hydrogens is 408 g/mol. The maximum absolute atomic E-state index is 12.7. The summed E-state index contributed by atoms with van der Waals surface area (Å²) in [6, 6.07) is 5.63. The van der Waals surface area contributed by atoms with Gasteiger partial charge in [-0.05, 0) is 70.2 Å². The van der Waals surface area contributed by atoms with Crippen LogP contribution in [0.3, 0.4) is 0 Å². The highest BCUT2D eigenvalue weighted by atomic mass is 16.6. The lowest BCUT2D eigenvalue weighted by molar-refractivity contribution is 0.0527. The van der Waals surface area contributed by atoms with Crippen LogP contribution < -0.4 is 16.0 Å². The summed E-state index contributed by atoms with van der Waals surface area (Å²) in [7, 11) is 0. The molecule has 0 bridgehead atoms. The van der Waals surface area contributed by atoms with Crippen molar-refractivity contribution in [3.8, 4) is 11.4 Å². The Morgan fingerprint density at radius 2 is 2.00 bits per heavy atom. The number of pyridine rings is 1. The molecule has 0 fully saturated rings. The van der Waals surface area contributed by atoms with Gasteiger partial charge in [0, 0.05) is 19.3 Å².